The second-order valence-electron chi connectivity index (χ2n) is 5.35. The maximum absolute atomic E-state index is 12.6. The first-order valence-corrected chi connectivity index (χ1v) is 8.02. The van der Waals surface area contributed by atoms with Gasteiger partial charge in [-0.05, 0) is 56.7 Å². The van der Waals surface area contributed by atoms with Crippen LogP contribution in [-0.2, 0) is 9.84 Å². The average molecular weight is 267 g/mol. The van der Waals surface area contributed by atoms with Gasteiger partial charge in [0.05, 0.1) is 10.1 Å². The monoisotopic (exact) mass is 267 g/mol. The fourth-order valence-corrected chi connectivity index (χ4v) is 4.71. The molecule has 0 saturated heterocycles. The summed E-state index contributed by atoms with van der Waals surface area (Å²) in [5.74, 6) is 0. The van der Waals surface area contributed by atoms with Gasteiger partial charge in [0.15, 0.2) is 9.84 Å². The minimum Gasteiger partial charge on any atom is -0.328 e. The third kappa shape index (κ3) is 2.59. The van der Waals surface area contributed by atoms with Gasteiger partial charge in [-0.2, -0.15) is 0 Å². The molecule has 0 radical (unpaired) electrons. The van der Waals surface area contributed by atoms with Gasteiger partial charge < -0.3 is 5.73 Å². The molecule has 3 nitrogen and oxygen atoms in total. The molecule has 0 amide bonds. The first-order valence-electron chi connectivity index (χ1n) is 6.48. The van der Waals surface area contributed by atoms with Crippen molar-refractivity contribution in [1.29, 1.82) is 0 Å². The molecule has 1 aliphatic carbocycles. The first-order chi connectivity index (χ1) is 8.41. The number of nitrogens with two attached hydrogens (primary N) is 1. The quantitative estimate of drug-likeness (QED) is 0.894. The summed E-state index contributed by atoms with van der Waals surface area (Å²) in [6.07, 6.45) is 3.01. The number of rotatable bonds is 2. The summed E-state index contributed by atoms with van der Waals surface area (Å²) < 4.78 is 25.3. The Morgan fingerprint density at radius 2 is 1.72 bits per heavy atom. The number of hydrogen-bond donors (Lipinski definition) is 1. The van der Waals surface area contributed by atoms with Crippen molar-refractivity contribution < 1.29 is 8.42 Å². The van der Waals surface area contributed by atoms with Crippen LogP contribution in [0.2, 0.25) is 0 Å². The lowest BCUT2D eigenvalue weighted by Gasteiger charge is -2.26. The maximum atomic E-state index is 12.6. The summed E-state index contributed by atoms with van der Waals surface area (Å²) in [6.45, 7) is 3.79. The minimum atomic E-state index is -3.19. The van der Waals surface area contributed by atoms with Crippen molar-refractivity contribution in [2.24, 2.45) is 5.73 Å². The maximum Gasteiger partial charge on any atom is 0.181 e. The van der Waals surface area contributed by atoms with Gasteiger partial charge in [-0.15, -0.1) is 0 Å². The molecule has 0 heterocycles. The Kier molecular flexibility index (Phi) is 3.78. The van der Waals surface area contributed by atoms with Gasteiger partial charge in [0.1, 0.15) is 0 Å². The molecule has 0 spiro atoms. The van der Waals surface area contributed by atoms with Gasteiger partial charge >= 0.3 is 0 Å². The number of aryl methyl sites for hydroxylation is 2. The van der Waals surface area contributed by atoms with Crippen molar-refractivity contribution in [3.8, 4) is 0 Å². The molecule has 0 unspecified atom stereocenters. The average Bonchev–Trinajstić information content (AvgIpc) is 2.32. The predicted octanol–water partition coefficient (Wildman–Crippen LogP) is 2.35. The molecule has 100 valence electrons. The van der Waals surface area contributed by atoms with Crippen molar-refractivity contribution >= 4 is 9.84 Å². The molecule has 18 heavy (non-hydrogen) atoms. The molecule has 1 aromatic carbocycles. The van der Waals surface area contributed by atoms with Gasteiger partial charge in [0, 0.05) is 6.04 Å². The van der Waals surface area contributed by atoms with E-state index in [4.69, 9.17) is 5.73 Å². The molecule has 4 heteroatoms. The fourth-order valence-electron chi connectivity index (χ4n) is 2.59. The van der Waals surface area contributed by atoms with E-state index in [2.05, 4.69) is 0 Å². The standard InChI is InChI=1S/C14H21NO2S/c1-10-3-4-11(2)14(9-10)18(16,17)13-7-5-12(15)6-8-13/h3-4,9,12-13H,5-8,15H2,1-2H3. The van der Waals surface area contributed by atoms with Crippen molar-refractivity contribution in [3.63, 3.8) is 0 Å². The number of benzene rings is 1. The zero-order valence-electron chi connectivity index (χ0n) is 11.0. The highest BCUT2D eigenvalue weighted by Gasteiger charge is 2.31. The predicted molar refractivity (Wildman–Crippen MR) is 73.3 cm³/mol. The highest BCUT2D eigenvalue weighted by molar-refractivity contribution is 7.92. The Balaban J connectivity index is 2.33. The zero-order chi connectivity index (χ0) is 13.3. The third-order valence-corrected chi connectivity index (χ3v) is 6.21. The molecule has 2 rings (SSSR count). The van der Waals surface area contributed by atoms with Crippen LogP contribution in [0.3, 0.4) is 0 Å². The minimum absolute atomic E-state index is 0.176. The first kappa shape index (κ1) is 13.6. The van der Waals surface area contributed by atoms with E-state index in [1.54, 1.807) is 6.07 Å². The molecule has 2 N–H and O–H groups in total. The number of sulfone groups is 1. The van der Waals surface area contributed by atoms with E-state index in [1.165, 1.54) is 0 Å². The second kappa shape index (κ2) is 5.02. The second-order valence-corrected chi connectivity index (χ2v) is 7.55. The van der Waals surface area contributed by atoms with E-state index >= 15 is 0 Å². The van der Waals surface area contributed by atoms with Crippen molar-refractivity contribution in [2.75, 3.05) is 0 Å². The Bertz CT molecular complexity index is 529. The van der Waals surface area contributed by atoms with Crippen molar-refractivity contribution in [1.82, 2.24) is 0 Å². The van der Waals surface area contributed by atoms with Crippen LogP contribution >= 0.6 is 0 Å². The molecule has 0 aromatic heterocycles. The number of hydrogen-bond acceptors (Lipinski definition) is 3. The smallest absolute Gasteiger partial charge is 0.181 e. The molecule has 0 bridgehead atoms. The van der Waals surface area contributed by atoms with Gasteiger partial charge in [-0.3, -0.25) is 0 Å². The van der Waals surface area contributed by atoms with E-state index < -0.39 is 9.84 Å². The van der Waals surface area contributed by atoms with E-state index in [9.17, 15) is 8.42 Å². The molecule has 1 aromatic rings. The van der Waals surface area contributed by atoms with Gasteiger partial charge in [0.2, 0.25) is 0 Å². The molecule has 1 aliphatic rings. The Morgan fingerprint density at radius 1 is 1.11 bits per heavy atom. The van der Waals surface area contributed by atoms with E-state index in [0.29, 0.717) is 17.7 Å². The normalized spacial score (nSPS) is 25.1. The van der Waals surface area contributed by atoms with Crippen LogP contribution in [0.1, 0.15) is 36.8 Å². The summed E-state index contributed by atoms with van der Waals surface area (Å²) in [4.78, 5) is 0.503. The van der Waals surface area contributed by atoms with Crippen LogP contribution < -0.4 is 5.73 Å². The van der Waals surface area contributed by atoms with Crippen LogP contribution in [0, 0.1) is 13.8 Å². The van der Waals surface area contributed by atoms with Gasteiger partial charge in [0.25, 0.3) is 0 Å². The highest BCUT2D eigenvalue weighted by Crippen LogP contribution is 2.30. The summed E-state index contributed by atoms with van der Waals surface area (Å²) in [5, 5.41) is -0.252. The van der Waals surface area contributed by atoms with Crippen LogP contribution in [-0.4, -0.2) is 19.7 Å². The highest BCUT2D eigenvalue weighted by atomic mass is 32.2. The lowest BCUT2D eigenvalue weighted by Crippen LogP contribution is -2.33. The van der Waals surface area contributed by atoms with Gasteiger partial charge in [-0.25, -0.2) is 8.42 Å². The summed E-state index contributed by atoms with van der Waals surface area (Å²) in [6, 6.07) is 5.80. The molecular formula is C14H21NO2S. The summed E-state index contributed by atoms with van der Waals surface area (Å²) in [5.41, 5.74) is 7.67. The van der Waals surface area contributed by atoms with E-state index in [-0.39, 0.29) is 11.3 Å². The topological polar surface area (TPSA) is 60.2 Å². The lowest BCUT2D eigenvalue weighted by atomic mass is 9.96. The van der Waals surface area contributed by atoms with E-state index in [1.807, 2.05) is 26.0 Å². The fraction of sp³-hybridized carbons (Fsp3) is 0.571. The zero-order valence-corrected chi connectivity index (χ0v) is 11.8. The van der Waals surface area contributed by atoms with Gasteiger partial charge in [-0.1, -0.05) is 12.1 Å². The molecule has 0 atom stereocenters. The van der Waals surface area contributed by atoms with Crippen LogP contribution in [0.25, 0.3) is 0 Å². The van der Waals surface area contributed by atoms with Crippen LogP contribution in [0.15, 0.2) is 23.1 Å². The van der Waals surface area contributed by atoms with Crippen molar-refractivity contribution in [2.45, 2.75) is 55.7 Å². The molecule has 1 fully saturated rings. The largest absolute Gasteiger partial charge is 0.328 e. The Morgan fingerprint density at radius 3 is 2.33 bits per heavy atom. The molecule has 1 saturated carbocycles. The molecule has 0 aliphatic heterocycles. The Hall–Kier alpha value is -0.870. The summed E-state index contributed by atoms with van der Waals surface area (Å²) in [7, 11) is -3.19. The SMILES string of the molecule is Cc1ccc(C)c(S(=O)(=O)C2CCC(N)CC2)c1. The third-order valence-electron chi connectivity index (χ3n) is 3.81. The van der Waals surface area contributed by atoms with Crippen molar-refractivity contribution in [3.05, 3.63) is 29.3 Å². The van der Waals surface area contributed by atoms with Crippen LogP contribution in [0.5, 0.6) is 0 Å². The Labute approximate surface area is 109 Å². The van der Waals surface area contributed by atoms with Crippen LogP contribution in [0.4, 0.5) is 0 Å². The van der Waals surface area contributed by atoms with E-state index in [0.717, 1.165) is 24.0 Å². The summed E-state index contributed by atoms with van der Waals surface area (Å²) >= 11 is 0. The lowest BCUT2D eigenvalue weighted by molar-refractivity contribution is 0.433. The molecular weight excluding hydrogens is 246 g/mol.